The van der Waals surface area contributed by atoms with Crippen LogP contribution in [0.4, 0.5) is 5.82 Å². The summed E-state index contributed by atoms with van der Waals surface area (Å²) in [5, 5.41) is 4.21. The molecule has 1 aromatic heterocycles. The van der Waals surface area contributed by atoms with Gasteiger partial charge in [0.2, 0.25) is 5.91 Å². The zero-order chi connectivity index (χ0) is 18.0. The number of carbonyl (C=O) groups is 1. The maximum absolute atomic E-state index is 12.7. The van der Waals surface area contributed by atoms with Crippen molar-refractivity contribution >= 4 is 59.9 Å². The van der Waals surface area contributed by atoms with Crippen LogP contribution in [0.2, 0.25) is 5.02 Å². The fourth-order valence-corrected chi connectivity index (χ4v) is 4.34. The highest BCUT2D eigenvalue weighted by atomic mass is 79.9. The van der Waals surface area contributed by atoms with E-state index in [9.17, 15) is 13.2 Å². The van der Waals surface area contributed by atoms with Gasteiger partial charge in [-0.1, -0.05) is 51.8 Å². The van der Waals surface area contributed by atoms with Gasteiger partial charge < -0.3 is 5.32 Å². The molecule has 1 N–H and O–H groups in total. The van der Waals surface area contributed by atoms with Crippen LogP contribution in [0.1, 0.15) is 0 Å². The Morgan fingerprint density at radius 3 is 2.48 bits per heavy atom. The number of carbonyl (C=O) groups excluding carboxylic acids is 1. The van der Waals surface area contributed by atoms with E-state index in [1.807, 2.05) is 12.1 Å². The van der Waals surface area contributed by atoms with E-state index < -0.39 is 21.5 Å². The molecule has 0 aliphatic carbocycles. The number of nitrogens with one attached hydrogen (secondary N) is 1. The summed E-state index contributed by atoms with van der Waals surface area (Å²) in [5.41, 5.74) is 0. The van der Waals surface area contributed by atoms with E-state index >= 15 is 0 Å². The molecule has 0 unspecified atom stereocenters. The van der Waals surface area contributed by atoms with E-state index in [0.717, 1.165) is 9.86 Å². The average Bonchev–Trinajstić information content (AvgIpc) is 2.57. The highest BCUT2D eigenvalue weighted by Gasteiger charge is 2.22. The number of sulfone groups is 1. The first kappa shape index (κ1) is 17.8. The zero-order valence-corrected chi connectivity index (χ0v) is 15.9. The van der Waals surface area contributed by atoms with Crippen LogP contribution < -0.4 is 5.32 Å². The van der Waals surface area contributed by atoms with Gasteiger partial charge in [-0.15, -0.1) is 0 Å². The van der Waals surface area contributed by atoms with Crippen molar-refractivity contribution in [3.05, 3.63) is 64.2 Å². The average molecular weight is 440 g/mol. The summed E-state index contributed by atoms with van der Waals surface area (Å²) in [6, 6.07) is 13.3. The Morgan fingerprint density at radius 1 is 1.08 bits per heavy atom. The Kier molecular flexibility index (Phi) is 5.08. The number of rotatable bonds is 4. The third-order valence-corrected chi connectivity index (χ3v) is 6.07. The number of aromatic nitrogens is 1. The van der Waals surface area contributed by atoms with Crippen LogP contribution in [0.5, 0.6) is 0 Å². The van der Waals surface area contributed by atoms with Gasteiger partial charge in [-0.25, -0.2) is 13.4 Å². The molecule has 0 bridgehead atoms. The molecule has 0 saturated carbocycles. The van der Waals surface area contributed by atoms with Gasteiger partial charge in [0.1, 0.15) is 11.6 Å². The van der Waals surface area contributed by atoms with E-state index in [-0.39, 0.29) is 10.7 Å². The maximum atomic E-state index is 12.7. The first-order valence-electron chi connectivity index (χ1n) is 7.18. The zero-order valence-electron chi connectivity index (χ0n) is 12.7. The molecule has 0 aliphatic rings. The van der Waals surface area contributed by atoms with Crippen molar-refractivity contribution in [2.75, 3.05) is 11.1 Å². The lowest BCUT2D eigenvalue weighted by molar-refractivity contribution is -0.113. The van der Waals surface area contributed by atoms with E-state index in [2.05, 4.69) is 26.2 Å². The van der Waals surface area contributed by atoms with Crippen molar-refractivity contribution in [3.63, 3.8) is 0 Å². The van der Waals surface area contributed by atoms with Crippen molar-refractivity contribution in [2.45, 2.75) is 4.90 Å². The van der Waals surface area contributed by atoms with Gasteiger partial charge in [-0.3, -0.25) is 4.79 Å². The largest absolute Gasteiger partial charge is 0.310 e. The highest BCUT2D eigenvalue weighted by Crippen LogP contribution is 2.30. The molecule has 128 valence electrons. The third kappa shape index (κ3) is 4.00. The van der Waals surface area contributed by atoms with E-state index in [1.54, 1.807) is 24.3 Å². The van der Waals surface area contributed by atoms with Crippen molar-refractivity contribution < 1.29 is 13.2 Å². The summed E-state index contributed by atoms with van der Waals surface area (Å²) in [7, 11) is -3.82. The molecular formula is C17H12BrClN2O3S. The van der Waals surface area contributed by atoms with Crippen molar-refractivity contribution in [2.24, 2.45) is 0 Å². The Bertz CT molecular complexity index is 1050. The second-order valence-corrected chi connectivity index (χ2v) is 8.51. The number of pyridine rings is 1. The lowest BCUT2D eigenvalue weighted by atomic mass is 10.1. The second kappa shape index (κ2) is 7.11. The normalized spacial score (nSPS) is 11.4. The van der Waals surface area contributed by atoms with Gasteiger partial charge in [0.05, 0.1) is 9.92 Å². The minimum Gasteiger partial charge on any atom is -0.310 e. The quantitative estimate of drug-likeness (QED) is 0.665. The van der Waals surface area contributed by atoms with Crippen LogP contribution >= 0.6 is 27.5 Å². The Morgan fingerprint density at radius 2 is 1.80 bits per heavy atom. The van der Waals surface area contributed by atoms with Crippen molar-refractivity contribution in [1.29, 1.82) is 0 Å². The fraction of sp³-hybridized carbons (Fsp3) is 0.0588. The number of hydrogen-bond acceptors (Lipinski definition) is 4. The van der Waals surface area contributed by atoms with E-state index in [4.69, 9.17) is 11.6 Å². The number of halogens is 2. The predicted molar refractivity (Wildman–Crippen MR) is 102 cm³/mol. The number of fused-ring (bicyclic) bond motifs is 1. The molecule has 3 rings (SSSR count). The second-order valence-electron chi connectivity index (χ2n) is 5.26. The lowest BCUT2D eigenvalue weighted by Gasteiger charge is -2.10. The molecule has 0 spiro atoms. The van der Waals surface area contributed by atoms with Crippen LogP contribution in [-0.2, 0) is 14.6 Å². The summed E-state index contributed by atoms with van der Waals surface area (Å²) >= 11 is 9.13. The number of amides is 1. The first-order valence-corrected chi connectivity index (χ1v) is 10.0. The van der Waals surface area contributed by atoms with Crippen LogP contribution in [0.25, 0.3) is 10.8 Å². The van der Waals surface area contributed by atoms with Crippen LogP contribution in [0.3, 0.4) is 0 Å². The predicted octanol–water partition coefficient (Wildman–Crippen LogP) is 4.06. The van der Waals surface area contributed by atoms with Crippen molar-refractivity contribution in [3.8, 4) is 0 Å². The van der Waals surface area contributed by atoms with Crippen LogP contribution in [0.15, 0.2) is 64.1 Å². The minimum absolute atomic E-state index is 0.116. The number of hydrogen-bond donors (Lipinski definition) is 1. The van der Waals surface area contributed by atoms with E-state index in [1.165, 1.54) is 18.3 Å². The molecule has 1 amide bonds. The summed E-state index contributed by atoms with van der Waals surface area (Å²) in [6.07, 6.45) is 1.37. The van der Waals surface area contributed by atoms with Gasteiger partial charge >= 0.3 is 0 Å². The molecule has 25 heavy (non-hydrogen) atoms. The molecule has 5 nitrogen and oxygen atoms in total. The molecule has 0 atom stereocenters. The van der Waals surface area contributed by atoms with Gasteiger partial charge in [-0.05, 0) is 29.7 Å². The first-order chi connectivity index (χ1) is 11.9. The third-order valence-electron chi connectivity index (χ3n) is 3.48. The smallest absolute Gasteiger partial charge is 0.241 e. The molecule has 1 heterocycles. The fourth-order valence-electron chi connectivity index (χ4n) is 2.38. The number of anilines is 1. The van der Waals surface area contributed by atoms with Gasteiger partial charge in [0, 0.05) is 16.1 Å². The van der Waals surface area contributed by atoms with Crippen molar-refractivity contribution in [1.82, 2.24) is 4.98 Å². The van der Waals surface area contributed by atoms with Crippen LogP contribution in [0, 0.1) is 0 Å². The number of benzene rings is 2. The maximum Gasteiger partial charge on any atom is 0.241 e. The molecule has 0 radical (unpaired) electrons. The Labute approximate surface area is 158 Å². The Balaban J connectivity index is 1.88. The Hall–Kier alpha value is -1.96. The lowest BCUT2D eigenvalue weighted by Crippen LogP contribution is -2.23. The molecule has 8 heteroatoms. The summed E-state index contributed by atoms with van der Waals surface area (Å²) in [5.74, 6) is -1.10. The topological polar surface area (TPSA) is 76.1 Å². The summed E-state index contributed by atoms with van der Waals surface area (Å²) in [6.45, 7) is 0. The summed E-state index contributed by atoms with van der Waals surface area (Å²) < 4.78 is 26.2. The molecule has 0 fully saturated rings. The molecule has 2 aromatic carbocycles. The van der Waals surface area contributed by atoms with Gasteiger partial charge in [0.25, 0.3) is 0 Å². The van der Waals surface area contributed by atoms with Crippen LogP contribution in [-0.4, -0.2) is 25.1 Å². The number of nitrogens with zero attached hydrogens (tertiary/aromatic N) is 1. The monoisotopic (exact) mass is 438 g/mol. The standard InChI is InChI=1S/C17H12BrClN2O3S/c18-14-6-7-15(13-4-2-1-3-12(13)14)25(23,24)10-17(22)21-16-8-5-11(19)9-20-16/h1-9H,10H2,(H,20,21,22). The molecule has 0 saturated heterocycles. The molecular weight excluding hydrogens is 428 g/mol. The SMILES string of the molecule is O=C(CS(=O)(=O)c1ccc(Br)c2ccccc12)Nc1ccc(Cl)cn1. The van der Waals surface area contributed by atoms with Gasteiger partial charge in [0.15, 0.2) is 9.84 Å². The van der Waals surface area contributed by atoms with E-state index in [0.29, 0.717) is 10.4 Å². The molecule has 3 aromatic rings. The molecule has 0 aliphatic heterocycles. The highest BCUT2D eigenvalue weighted by molar-refractivity contribution is 9.10. The minimum atomic E-state index is -3.82. The summed E-state index contributed by atoms with van der Waals surface area (Å²) in [4.78, 5) is 16.2. The van der Waals surface area contributed by atoms with Gasteiger partial charge in [-0.2, -0.15) is 0 Å².